The summed E-state index contributed by atoms with van der Waals surface area (Å²) in [6, 6.07) is 8.51. The lowest BCUT2D eigenvalue weighted by molar-refractivity contribution is -0.147. The molecule has 0 atom stereocenters. The van der Waals surface area contributed by atoms with Crippen LogP contribution in [0.2, 0.25) is 0 Å². The first-order valence-corrected chi connectivity index (χ1v) is 8.79. The summed E-state index contributed by atoms with van der Waals surface area (Å²) >= 11 is 0. The fourth-order valence-electron chi connectivity index (χ4n) is 2.68. The van der Waals surface area contributed by atoms with E-state index in [1.807, 2.05) is 0 Å². The molecule has 28 heavy (non-hydrogen) atoms. The van der Waals surface area contributed by atoms with Crippen LogP contribution in [0.4, 0.5) is 5.69 Å². The average molecular weight is 388 g/mol. The van der Waals surface area contributed by atoms with Crippen LogP contribution >= 0.6 is 0 Å². The molecule has 8 nitrogen and oxygen atoms in total. The van der Waals surface area contributed by atoms with Crippen molar-refractivity contribution in [2.45, 2.75) is 27.3 Å². The zero-order valence-corrected chi connectivity index (χ0v) is 16.4. The summed E-state index contributed by atoms with van der Waals surface area (Å²) < 4.78 is 16.8. The molecule has 0 aliphatic heterocycles. The minimum atomic E-state index is -0.585. The summed E-state index contributed by atoms with van der Waals surface area (Å²) in [6.45, 7) is 4.97. The number of nitrogens with zero attached hydrogens (tertiary/aromatic N) is 1. The molecule has 0 saturated carbocycles. The van der Waals surface area contributed by atoms with Gasteiger partial charge in [0.2, 0.25) is 0 Å². The van der Waals surface area contributed by atoms with Crippen molar-refractivity contribution >= 4 is 23.5 Å². The first kappa shape index (κ1) is 21.0. The van der Waals surface area contributed by atoms with Gasteiger partial charge in [0.25, 0.3) is 5.91 Å². The number of esters is 2. The van der Waals surface area contributed by atoms with Gasteiger partial charge in [0.1, 0.15) is 12.3 Å². The molecule has 1 N–H and O–H groups in total. The predicted molar refractivity (Wildman–Crippen MR) is 102 cm³/mol. The monoisotopic (exact) mass is 388 g/mol. The highest BCUT2D eigenvalue weighted by molar-refractivity contribution is 5.93. The number of benzene rings is 1. The van der Waals surface area contributed by atoms with Gasteiger partial charge >= 0.3 is 11.9 Å². The van der Waals surface area contributed by atoms with Crippen molar-refractivity contribution in [1.82, 2.24) is 4.57 Å². The van der Waals surface area contributed by atoms with E-state index in [4.69, 9.17) is 14.2 Å². The second-order valence-corrected chi connectivity index (χ2v) is 6.03. The normalized spacial score (nSPS) is 10.3. The van der Waals surface area contributed by atoms with Crippen molar-refractivity contribution in [3.8, 4) is 5.75 Å². The summed E-state index contributed by atoms with van der Waals surface area (Å²) in [5.41, 5.74) is 2.27. The third-order valence-corrected chi connectivity index (χ3v) is 4.07. The summed E-state index contributed by atoms with van der Waals surface area (Å²) in [6.07, 6.45) is 0. The van der Waals surface area contributed by atoms with Crippen molar-refractivity contribution in [3.05, 3.63) is 47.3 Å². The number of carbonyl (C=O) groups excluding carboxylic acids is 3. The fourth-order valence-corrected chi connectivity index (χ4v) is 2.68. The number of hydrogen-bond donors (Lipinski definition) is 1. The van der Waals surface area contributed by atoms with E-state index in [9.17, 15) is 14.4 Å². The minimum Gasteiger partial charge on any atom is -0.497 e. The Morgan fingerprint density at radius 2 is 1.86 bits per heavy atom. The van der Waals surface area contributed by atoms with Gasteiger partial charge in [0.15, 0.2) is 6.61 Å². The molecule has 0 aliphatic carbocycles. The second-order valence-electron chi connectivity index (χ2n) is 6.03. The number of aromatic nitrogens is 1. The van der Waals surface area contributed by atoms with Crippen molar-refractivity contribution in [3.63, 3.8) is 0 Å². The molecular weight excluding hydrogens is 364 g/mol. The van der Waals surface area contributed by atoms with E-state index in [1.165, 1.54) is 7.11 Å². The highest BCUT2D eigenvalue weighted by atomic mass is 16.5. The van der Waals surface area contributed by atoms with E-state index in [0.29, 0.717) is 22.7 Å². The lowest BCUT2D eigenvalue weighted by atomic mass is 10.2. The Morgan fingerprint density at radius 1 is 1.11 bits per heavy atom. The molecule has 1 aromatic heterocycles. The van der Waals surface area contributed by atoms with E-state index in [-0.39, 0.29) is 13.2 Å². The first-order chi connectivity index (χ1) is 13.3. The van der Waals surface area contributed by atoms with Crippen LogP contribution in [0.3, 0.4) is 0 Å². The SMILES string of the molecule is CCOC(=O)c1cc(C)n(CC(=O)OCC(=O)Nc2cccc(OC)c2)c1C. The van der Waals surface area contributed by atoms with Crippen LogP contribution in [-0.4, -0.2) is 42.7 Å². The molecule has 2 rings (SSSR count). The number of amides is 1. The van der Waals surface area contributed by atoms with Crippen LogP contribution in [-0.2, 0) is 25.6 Å². The van der Waals surface area contributed by atoms with Crippen molar-refractivity contribution in [2.75, 3.05) is 25.6 Å². The number of hydrogen-bond acceptors (Lipinski definition) is 6. The van der Waals surface area contributed by atoms with Gasteiger partial charge in [-0.2, -0.15) is 0 Å². The lowest BCUT2D eigenvalue weighted by Crippen LogP contribution is -2.23. The summed E-state index contributed by atoms with van der Waals surface area (Å²) in [7, 11) is 1.53. The number of rotatable bonds is 8. The van der Waals surface area contributed by atoms with E-state index in [2.05, 4.69) is 5.32 Å². The Hall–Kier alpha value is -3.29. The summed E-state index contributed by atoms with van der Waals surface area (Å²) in [4.78, 5) is 36.0. The van der Waals surface area contributed by atoms with Gasteiger partial charge in [-0.15, -0.1) is 0 Å². The maximum atomic E-state index is 12.1. The Bertz CT molecular complexity index is 872. The second kappa shape index (κ2) is 9.59. The molecule has 150 valence electrons. The van der Waals surface area contributed by atoms with Gasteiger partial charge in [-0.3, -0.25) is 9.59 Å². The van der Waals surface area contributed by atoms with Crippen LogP contribution in [0.25, 0.3) is 0 Å². The number of carbonyl (C=O) groups is 3. The number of ether oxygens (including phenoxy) is 3. The Balaban J connectivity index is 1.92. The van der Waals surface area contributed by atoms with Gasteiger partial charge in [0, 0.05) is 23.1 Å². The maximum absolute atomic E-state index is 12.1. The van der Waals surface area contributed by atoms with E-state index >= 15 is 0 Å². The molecule has 0 spiro atoms. The third-order valence-electron chi connectivity index (χ3n) is 4.07. The minimum absolute atomic E-state index is 0.108. The topological polar surface area (TPSA) is 95.9 Å². The van der Waals surface area contributed by atoms with Crippen molar-refractivity contribution in [2.24, 2.45) is 0 Å². The van der Waals surface area contributed by atoms with E-state index < -0.39 is 24.5 Å². The Labute approximate surface area is 163 Å². The average Bonchev–Trinajstić information content (AvgIpc) is 2.95. The standard InChI is InChI=1S/C20H24N2O6/c1-5-27-20(25)17-9-13(2)22(14(17)3)11-19(24)28-12-18(23)21-15-7-6-8-16(10-15)26-4/h6-10H,5,11-12H2,1-4H3,(H,21,23). The molecular formula is C20H24N2O6. The first-order valence-electron chi connectivity index (χ1n) is 8.79. The van der Waals surface area contributed by atoms with Gasteiger partial charge in [-0.05, 0) is 39.0 Å². The number of aryl methyl sites for hydroxylation is 1. The number of nitrogens with one attached hydrogen (secondary N) is 1. The largest absolute Gasteiger partial charge is 0.497 e. The molecule has 8 heteroatoms. The van der Waals surface area contributed by atoms with E-state index in [0.717, 1.165) is 5.69 Å². The quantitative estimate of drug-likeness (QED) is 0.698. The highest BCUT2D eigenvalue weighted by Gasteiger charge is 2.19. The van der Waals surface area contributed by atoms with Crippen molar-refractivity contribution < 1.29 is 28.6 Å². The zero-order chi connectivity index (χ0) is 20.7. The molecule has 1 amide bonds. The smallest absolute Gasteiger partial charge is 0.339 e. The van der Waals surface area contributed by atoms with Crippen LogP contribution in [0.1, 0.15) is 28.7 Å². The fraction of sp³-hybridized carbons (Fsp3) is 0.350. The third kappa shape index (κ3) is 5.35. The molecule has 1 aromatic carbocycles. The van der Waals surface area contributed by atoms with Crippen LogP contribution < -0.4 is 10.1 Å². The predicted octanol–water partition coefficient (Wildman–Crippen LogP) is 2.47. The van der Waals surface area contributed by atoms with Crippen LogP contribution in [0, 0.1) is 13.8 Å². The molecule has 0 fully saturated rings. The lowest BCUT2D eigenvalue weighted by Gasteiger charge is -2.10. The maximum Gasteiger partial charge on any atom is 0.339 e. The number of methoxy groups -OCH3 is 1. The Kier molecular flexibility index (Phi) is 7.20. The van der Waals surface area contributed by atoms with Crippen LogP contribution in [0.5, 0.6) is 5.75 Å². The highest BCUT2D eigenvalue weighted by Crippen LogP contribution is 2.17. The molecule has 0 bridgehead atoms. The van der Waals surface area contributed by atoms with Gasteiger partial charge in [-0.1, -0.05) is 6.07 Å². The summed E-state index contributed by atoms with van der Waals surface area (Å²) in [5.74, 6) is -0.883. The van der Waals surface area contributed by atoms with Crippen LogP contribution in [0.15, 0.2) is 30.3 Å². The molecule has 2 aromatic rings. The van der Waals surface area contributed by atoms with E-state index in [1.54, 1.807) is 55.7 Å². The van der Waals surface area contributed by atoms with Gasteiger partial charge < -0.3 is 24.1 Å². The molecule has 0 radical (unpaired) electrons. The summed E-state index contributed by atoms with van der Waals surface area (Å²) in [5, 5.41) is 2.63. The van der Waals surface area contributed by atoms with Gasteiger partial charge in [0.05, 0.1) is 19.3 Å². The number of anilines is 1. The molecule has 1 heterocycles. The molecule has 0 aliphatic rings. The van der Waals surface area contributed by atoms with Gasteiger partial charge in [-0.25, -0.2) is 4.79 Å². The molecule has 0 saturated heterocycles. The Morgan fingerprint density at radius 3 is 2.54 bits per heavy atom. The zero-order valence-electron chi connectivity index (χ0n) is 16.4. The molecule has 0 unspecified atom stereocenters. The van der Waals surface area contributed by atoms with Crippen molar-refractivity contribution in [1.29, 1.82) is 0 Å².